The van der Waals surface area contributed by atoms with Gasteiger partial charge in [0.25, 0.3) is 0 Å². The highest BCUT2D eigenvalue weighted by molar-refractivity contribution is 9.11. The fourth-order valence-corrected chi connectivity index (χ4v) is 6.06. The molecule has 0 atom stereocenters. The van der Waals surface area contributed by atoms with Crippen LogP contribution in [0.1, 0.15) is 43.7 Å². The van der Waals surface area contributed by atoms with Crippen molar-refractivity contribution >= 4 is 63.7 Å². The summed E-state index contributed by atoms with van der Waals surface area (Å²) in [5.74, 6) is 1.15. The molecule has 0 saturated heterocycles. The second-order valence-electron chi connectivity index (χ2n) is 6.84. The number of benzene rings is 2. The van der Waals surface area contributed by atoms with Crippen LogP contribution in [0.3, 0.4) is 0 Å². The lowest BCUT2D eigenvalue weighted by Crippen LogP contribution is -2.32. The van der Waals surface area contributed by atoms with Crippen LogP contribution in [0.25, 0.3) is 0 Å². The Balaban J connectivity index is 2.22. The summed E-state index contributed by atoms with van der Waals surface area (Å²) in [5, 5.41) is 20.2. The Labute approximate surface area is 181 Å². The first-order chi connectivity index (χ1) is 11.7. The van der Waals surface area contributed by atoms with E-state index in [0.29, 0.717) is 23.8 Å². The van der Waals surface area contributed by atoms with Gasteiger partial charge in [-0.3, -0.25) is 0 Å². The first kappa shape index (κ1) is 19.7. The molecule has 0 heterocycles. The predicted octanol–water partition coefficient (Wildman–Crippen LogP) is 7.64. The molecular formula is C19H18Br4O2. The average Bonchev–Trinajstić information content (AvgIpc) is 2.57. The van der Waals surface area contributed by atoms with E-state index in [0.717, 1.165) is 25.7 Å². The van der Waals surface area contributed by atoms with E-state index < -0.39 is 0 Å². The van der Waals surface area contributed by atoms with E-state index in [-0.39, 0.29) is 16.9 Å². The third kappa shape index (κ3) is 3.69. The number of rotatable bonds is 2. The molecule has 1 aliphatic rings. The SMILES string of the molecule is CC1CCC(c2cc(Br)c(O)c(Br)c2)(c2cc(Br)c(O)c(Br)c2)CC1. The average molecular weight is 598 g/mol. The summed E-state index contributed by atoms with van der Waals surface area (Å²) < 4.78 is 2.75. The van der Waals surface area contributed by atoms with Crippen molar-refractivity contribution in [3.63, 3.8) is 0 Å². The zero-order chi connectivity index (χ0) is 18.4. The molecule has 1 fully saturated rings. The van der Waals surface area contributed by atoms with Crippen molar-refractivity contribution in [3.8, 4) is 11.5 Å². The van der Waals surface area contributed by atoms with Gasteiger partial charge in [0.05, 0.1) is 17.9 Å². The molecule has 0 amide bonds. The molecule has 0 radical (unpaired) electrons. The first-order valence-corrected chi connectivity index (χ1v) is 11.3. The molecule has 2 aromatic carbocycles. The van der Waals surface area contributed by atoms with Crippen LogP contribution in [0.2, 0.25) is 0 Å². The van der Waals surface area contributed by atoms with Crippen molar-refractivity contribution in [1.82, 2.24) is 0 Å². The predicted molar refractivity (Wildman–Crippen MR) is 115 cm³/mol. The molecule has 2 nitrogen and oxygen atoms in total. The summed E-state index contributed by atoms with van der Waals surface area (Å²) in [7, 11) is 0. The Kier molecular flexibility index (Phi) is 5.94. The maximum Gasteiger partial charge on any atom is 0.143 e. The minimum atomic E-state index is -0.149. The summed E-state index contributed by atoms with van der Waals surface area (Å²) in [6, 6.07) is 8.07. The molecule has 134 valence electrons. The molecule has 25 heavy (non-hydrogen) atoms. The Morgan fingerprint density at radius 2 is 1.08 bits per heavy atom. The number of aromatic hydroxyl groups is 2. The lowest BCUT2D eigenvalue weighted by atomic mass is 9.63. The van der Waals surface area contributed by atoms with Gasteiger partial charge in [-0.2, -0.15) is 0 Å². The summed E-state index contributed by atoms with van der Waals surface area (Å²) in [4.78, 5) is 0. The third-order valence-electron chi connectivity index (χ3n) is 5.27. The quantitative estimate of drug-likeness (QED) is 0.373. The molecule has 2 aromatic rings. The van der Waals surface area contributed by atoms with E-state index in [1.54, 1.807) is 0 Å². The molecule has 6 heteroatoms. The van der Waals surface area contributed by atoms with Crippen molar-refractivity contribution in [1.29, 1.82) is 0 Å². The van der Waals surface area contributed by atoms with Gasteiger partial charge in [0.15, 0.2) is 0 Å². The summed E-state index contributed by atoms with van der Waals surface area (Å²) in [5.41, 5.74) is 2.19. The van der Waals surface area contributed by atoms with E-state index in [4.69, 9.17) is 0 Å². The van der Waals surface area contributed by atoms with Crippen molar-refractivity contribution in [2.75, 3.05) is 0 Å². The van der Waals surface area contributed by atoms with Crippen molar-refractivity contribution < 1.29 is 10.2 Å². The van der Waals surface area contributed by atoms with Crippen LogP contribution >= 0.6 is 63.7 Å². The largest absolute Gasteiger partial charge is 0.506 e. The zero-order valence-electron chi connectivity index (χ0n) is 13.6. The summed E-state index contributed by atoms with van der Waals surface area (Å²) in [6.45, 7) is 2.30. The van der Waals surface area contributed by atoms with Gasteiger partial charge in [-0.25, -0.2) is 0 Å². The third-order valence-corrected chi connectivity index (χ3v) is 7.68. The highest BCUT2D eigenvalue weighted by Gasteiger charge is 2.39. The smallest absolute Gasteiger partial charge is 0.143 e. The molecule has 0 bridgehead atoms. The summed E-state index contributed by atoms with van der Waals surface area (Å²) >= 11 is 13.9. The molecule has 0 spiro atoms. The van der Waals surface area contributed by atoms with Crippen molar-refractivity contribution in [2.24, 2.45) is 5.92 Å². The van der Waals surface area contributed by atoms with E-state index >= 15 is 0 Å². The Morgan fingerprint density at radius 3 is 1.40 bits per heavy atom. The number of hydrogen-bond donors (Lipinski definition) is 2. The molecule has 2 N–H and O–H groups in total. The molecule has 3 rings (SSSR count). The molecule has 0 aliphatic heterocycles. The van der Waals surface area contributed by atoms with Gasteiger partial charge in [0, 0.05) is 5.41 Å². The van der Waals surface area contributed by atoms with Crippen LogP contribution < -0.4 is 0 Å². The highest BCUT2D eigenvalue weighted by Crippen LogP contribution is 2.50. The van der Waals surface area contributed by atoms with Crippen LogP contribution in [-0.2, 0) is 5.41 Å². The van der Waals surface area contributed by atoms with Gasteiger partial charge in [0.2, 0.25) is 0 Å². The first-order valence-electron chi connectivity index (χ1n) is 8.11. The Bertz CT molecular complexity index is 706. The van der Waals surface area contributed by atoms with E-state index in [2.05, 4.69) is 70.6 Å². The molecule has 0 aromatic heterocycles. The maximum absolute atomic E-state index is 10.1. The lowest BCUT2D eigenvalue weighted by molar-refractivity contribution is 0.279. The normalized spacial score (nSPS) is 17.6. The number of phenols is 2. The van der Waals surface area contributed by atoms with Gasteiger partial charge in [0.1, 0.15) is 11.5 Å². The van der Waals surface area contributed by atoms with Crippen LogP contribution in [0.5, 0.6) is 11.5 Å². The zero-order valence-corrected chi connectivity index (χ0v) is 20.0. The molecule has 0 unspecified atom stereocenters. The van der Waals surface area contributed by atoms with E-state index in [1.807, 2.05) is 24.3 Å². The van der Waals surface area contributed by atoms with Crippen LogP contribution in [0, 0.1) is 5.92 Å². The van der Waals surface area contributed by atoms with Crippen LogP contribution in [0.15, 0.2) is 42.2 Å². The van der Waals surface area contributed by atoms with Gasteiger partial charge < -0.3 is 10.2 Å². The molecule has 1 saturated carbocycles. The van der Waals surface area contributed by atoms with Gasteiger partial charge >= 0.3 is 0 Å². The van der Waals surface area contributed by atoms with Gasteiger partial charge in [-0.15, -0.1) is 0 Å². The van der Waals surface area contributed by atoms with Gasteiger partial charge in [-0.1, -0.05) is 6.92 Å². The van der Waals surface area contributed by atoms with E-state index in [9.17, 15) is 10.2 Å². The number of halogens is 4. The topological polar surface area (TPSA) is 40.5 Å². The second-order valence-corrected chi connectivity index (χ2v) is 10.3. The number of hydrogen-bond acceptors (Lipinski definition) is 2. The lowest BCUT2D eigenvalue weighted by Gasteiger charge is -2.41. The maximum atomic E-state index is 10.1. The second kappa shape index (κ2) is 7.53. The standard InChI is InChI=1S/C19H18Br4O2/c1-10-2-4-19(5-3-10,11-6-13(20)17(24)14(21)7-11)12-8-15(22)18(25)16(23)9-12/h6-10,24-25H,2-5H2,1H3. The monoisotopic (exact) mass is 594 g/mol. The van der Waals surface area contributed by atoms with Gasteiger partial charge in [-0.05, 0) is 131 Å². The Hall–Kier alpha value is -0.0400. The minimum absolute atomic E-state index is 0.149. The van der Waals surface area contributed by atoms with Crippen molar-refractivity contribution in [3.05, 3.63) is 53.3 Å². The Morgan fingerprint density at radius 1 is 0.760 bits per heavy atom. The minimum Gasteiger partial charge on any atom is -0.506 e. The van der Waals surface area contributed by atoms with Crippen LogP contribution in [0.4, 0.5) is 0 Å². The fraction of sp³-hybridized carbons (Fsp3) is 0.368. The van der Waals surface area contributed by atoms with E-state index in [1.165, 1.54) is 11.1 Å². The number of phenolic OH excluding ortho intramolecular Hbond substituents is 2. The van der Waals surface area contributed by atoms with Crippen LogP contribution in [-0.4, -0.2) is 10.2 Å². The highest BCUT2D eigenvalue weighted by atomic mass is 79.9. The molecule has 1 aliphatic carbocycles. The summed E-state index contributed by atoms with van der Waals surface area (Å²) in [6.07, 6.45) is 4.35. The molecular weight excluding hydrogens is 580 g/mol. The van der Waals surface area contributed by atoms with Crippen molar-refractivity contribution in [2.45, 2.75) is 38.0 Å². The fourth-order valence-electron chi connectivity index (χ4n) is 3.68.